The van der Waals surface area contributed by atoms with Gasteiger partial charge in [-0.2, -0.15) is 0 Å². The Labute approximate surface area is 150 Å². The van der Waals surface area contributed by atoms with Crippen LogP contribution < -0.4 is 10.6 Å². The second kappa shape index (κ2) is 8.02. The number of carbonyl (C=O) groups is 1. The fraction of sp³-hybridized carbons (Fsp3) is 0.235. The largest absolute Gasteiger partial charge is 0.330 e. The number of anilines is 1. The van der Waals surface area contributed by atoms with Crippen molar-refractivity contribution in [3.05, 3.63) is 63.1 Å². The van der Waals surface area contributed by atoms with Crippen molar-refractivity contribution < 1.29 is 10.1 Å². The number of nitrogens with one attached hydrogen (secondary N) is 1. The first kappa shape index (κ1) is 18.1. The number of nitrogens with two attached hydrogens (primary N) is 1. The molecule has 0 heterocycles. The Morgan fingerprint density at radius 1 is 1.00 bits per heavy atom. The molecular weight excluding hydrogens is 355 g/mol. The lowest BCUT2D eigenvalue weighted by atomic mass is 10.1. The van der Waals surface area contributed by atoms with Crippen LogP contribution in [0.25, 0.3) is 0 Å². The molecule has 1 amide bonds. The van der Waals surface area contributed by atoms with Crippen molar-refractivity contribution in [3.63, 3.8) is 0 Å². The Morgan fingerprint density at radius 3 is 2.26 bits per heavy atom. The quantitative estimate of drug-likeness (QED) is 0.807. The second-order valence-electron chi connectivity index (χ2n) is 5.43. The van der Waals surface area contributed by atoms with Gasteiger partial charge in [0, 0.05) is 15.6 Å². The highest BCUT2D eigenvalue weighted by atomic mass is 35.5. The molecule has 0 saturated carbocycles. The Balaban J connectivity index is 1.99. The van der Waals surface area contributed by atoms with Crippen molar-refractivity contribution in [1.29, 1.82) is 0 Å². The molecule has 0 bridgehead atoms. The molecular formula is C17H18Cl3N2O+. The molecule has 0 aliphatic rings. The number of hydrogen-bond donors (Lipinski definition) is 2. The zero-order valence-electron chi connectivity index (χ0n) is 12.8. The highest BCUT2D eigenvalue weighted by Crippen LogP contribution is 2.25. The van der Waals surface area contributed by atoms with Gasteiger partial charge in [0.2, 0.25) is 0 Å². The van der Waals surface area contributed by atoms with Gasteiger partial charge in [0.25, 0.3) is 5.91 Å². The molecule has 0 aromatic heterocycles. The lowest BCUT2D eigenvalue weighted by molar-refractivity contribution is -0.709. The molecule has 0 aliphatic carbocycles. The van der Waals surface area contributed by atoms with Gasteiger partial charge in [-0.15, -0.1) is 0 Å². The average molecular weight is 373 g/mol. The Bertz CT molecular complexity index is 689. The standard InChI is InChI=1S/C17H17Cl3N2O/c1-10(12-3-5-13(18)6-4-12)21-11(2)17(23)22-16-9-14(19)7-8-15(16)20/h3-11,21H,1-2H3,(H,22,23)/p+1/t10-,11+/m1/s1. The number of quaternary nitrogens is 1. The molecule has 0 aliphatic heterocycles. The molecule has 2 aromatic rings. The molecule has 122 valence electrons. The molecule has 2 rings (SSSR count). The van der Waals surface area contributed by atoms with E-state index < -0.39 is 0 Å². The van der Waals surface area contributed by atoms with E-state index in [4.69, 9.17) is 34.8 Å². The van der Waals surface area contributed by atoms with Gasteiger partial charge in [0.15, 0.2) is 6.04 Å². The van der Waals surface area contributed by atoms with Crippen molar-refractivity contribution in [1.82, 2.24) is 0 Å². The molecule has 0 radical (unpaired) electrons. The van der Waals surface area contributed by atoms with Gasteiger partial charge in [0.05, 0.1) is 10.7 Å². The summed E-state index contributed by atoms with van der Waals surface area (Å²) in [5.41, 5.74) is 1.62. The van der Waals surface area contributed by atoms with Gasteiger partial charge in [-0.3, -0.25) is 4.79 Å². The highest BCUT2D eigenvalue weighted by molar-refractivity contribution is 6.35. The Kier molecular flexibility index (Phi) is 6.31. The second-order valence-corrected chi connectivity index (χ2v) is 6.71. The summed E-state index contributed by atoms with van der Waals surface area (Å²) in [6, 6.07) is 12.4. The number of halogens is 3. The topological polar surface area (TPSA) is 45.7 Å². The minimum absolute atomic E-state index is 0.128. The molecule has 3 nitrogen and oxygen atoms in total. The van der Waals surface area contributed by atoms with Crippen LogP contribution >= 0.6 is 34.8 Å². The van der Waals surface area contributed by atoms with E-state index in [1.165, 1.54) is 0 Å². The van der Waals surface area contributed by atoms with Crippen LogP contribution in [-0.4, -0.2) is 11.9 Å². The van der Waals surface area contributed by atoms with Crippen LogP contribution in [0.4, 0.5) is 5.69 Å². The first-order valence-electron chi connectivity index (χ1n) is 7.23. The van der Waals surface area contributed by atoms with Gasteiger partial charge >= 0.3 is 0 Å². The smallest absolute Gasteiger partial charge is 0.282 e. The third-order valence-corrected chi connectivity index (χ3v) is 4.39. The summed E-state index contributed by atoms with van der Waals surface area (Å²) in [5.74, 6) is -0.130. The molecule has 2 aromatic carbocycles. The maximum absolute atomic E-state index is 12.3. The van der Waals surface area contributed by atoms with Crippen LogP contribution in [0.3, 0.4) is 0 Å². The number of hydrogen-bond acceptors (Lipinski definition) is 1. The van der Waals surface area contributed by atoms with Crippen LogP contribution in [0.15, 0.2) is 42.5 Å². The van der Waals surface area contributed by atoms with Crippen LogP contribution in [0.5, 0.6) is 0 Å². The fourth-order valence-corrected chi connectivity index (χ4v) is 2.70. The van der Waals surface area contributed by atoms with Crippen LogP contribution in [0, 0.1) is 0 Å². The van der Waals surface area contributed by atoms with Crippen molar-refractivity contribution in [2.24, 2.45) is 0 Å². The molecule has 3 N–H and O–H groups in total. The summed E-state index contributed by atoms with van der Waals surface area (Å²) in [6.45, 7) is 3.89. The molecule has 6 heteroatoms. The molecule has 0 spiro atoms. The third-order valence-electron chi connectivity index (χ3n) is 3.57. The third kappa shape index (κ3) is 5.11. The monoisotopic (exact) mass is 371 g/mol. The van der Waals surface area contributed by atoms with E-state index in [1.807, 2.05) is 43.4 Å². The molecule has 0 saturated heterocycles. The van der Waals surface area contributed by atoms with Gasteiger partial charge < -0.3 is 10.6 Å². The van der Waals surface area contributed by atoms with Gasteiger partial charge in [-0.05, 0) is 44.2 Å². The summed E-state index contributed by atoms with van der Waals surface area (Å²) >= 11 is 17.9. The van der Waals surface area contributed by atoms with Crippen LogP contribution in [0.1, 0.15) is 25.5 Å². The summed E-state index contributed by atoms with van der Waals surface area (Å²) in [4.78, 5) is 12.3. The average Bonchev–Trinajstić information content (AvgIpc) is 2.51. The normalized spacial score (nSPS) is 13.4. The minimum Gasteiger partial charge on any atom is -0.330 e. The van der Waals surface area contributed by atoms with E-state index in [0.717, 1.165) is 5.56 Å². The molecule has 0 fully saturated rings. The SMILES string of the molecule is C[C@H]([NH2+][C@H](C)c1ccc(Cl)cc1)C(=O)Nc1cc(Cl)ccc1Cl. The minimum atomic E-state index is -0.282. The lowest BCUT2D eigenvalue weighted by Crippen LogP contribution is -2.91. The van der Waals surface area contributed by atoms with E-state index in [0.29, 0.717) is 20.8 Å². The Hall–Kier alpha value is -1.26. The van der Waals surface area contributed by atoms with Crippen molar-refractivity contribution >= 4 is 46.4 Å². The number of benzene rings is 2. The van der Waals surface area contributed by atoms with Gasteiger partial charge in [-0.1, -0.05) is 46.9 Å². The first-order valence-corrected chi connectivity index (χ1v) is 8.36. The maximum atomic E-state index is 12.3. The van der Waals surface area contributed by atoms with Crippen molar-refractivity contribution in [2.45, 2.75) is 25.9 Å². The lowest BCUT2D eigenvalue weighted by Gasteiger charge is -2.17. The van der Waals surface area contributed by atoms with Gasteiger partial charge in [0.1, 0.15) is 6.04 Å². The predicted octanol–water partition coefficient (Wildman–Crippen LogP) is 4.30. The van der Waals surface area contributed by atoms with E-state index in [-0.39, 0.29) is 18.0 Å². The van der Waals surface area contributed by atoms with E-state index in [1.54, 1.807) is 18.2 Å². The zero-order chi connectivity index (χ0) is 17.0. The van der Waals surface area contributed by atoms with Gasteiger partial charge in [-0.25, -0.2) is 0 Å². The molecule has 23 heavy (non-hydrogen) atoms. The summed E-state index contributed by atoms with van der Waals surface area (Å²) in [5, 5.41) is 6.47. The van der Waals surface area contributed by atoms with E-state index in [9.17, 15) is 4.79 Å². The molecule has 2 atom stereocenters. The van der Waals surface area contributed by atoms with Crippen molar-refractivity contribution in [3.8, 4) is 0 Å². The number of rotatable bonds is 5. The predicted molar refractivity (Wildman–Crippen MR) is 96.3 cm³/mol. The van der Waals surface area contributed by atoms with Crippen molar-refractivity contribution in [2.75, 3.05) is 5.32 Å². The first-order chi connectivity index (χ1) is 10.9. The maximum Gasteiger partial charge on any atom is 0.282 e. The summed E-state index contributed by atoms with van der Waals surface area (Å²) in [6.07, 6.45) is 0. The fourth-order valence-electron chi connectivity index (χ4n) is 2.24. The zero-order valence-corrected chi connectivity index (χ0v) is 15.1. The highest BCUT2D eigenvalue weighted by Gasteiger charge is 2.21. The Morgan fingerprint density at radius 2 is 1.61 bits per heavy atom. The summed E-state index contributed by atoms with van der Waals surface area (Å²) in [7, 11) is 0. The van der Waals surface area contributed by atoms with E-state index >= 15 is 0 Å². The van der Waals surface area contributed by atoms with Crippen LogP contribution in [-0.2, 0) is 4.79 Å². The number of amides is 1. The summed E-state index contributed by atoms with van der Waals surface area (Å²) < 4.78 is 0. The van der Waals surface area contributed by atoms with E-state index in [2.05, 4.69) is 5.32 Å². The van der Waals surface area contributed by atoms with Crippen LogP contribution in [0.2, 0.25) is 15.1 Å². The molecule has 0 unspecified atom stereocenters. The number of carbonyl (C=O) groups excluding carboxylic acids is 1.